The zero-order chi connectivity index (χ0) is 16.1. The summed E-state index contributed by atoms with van der Waals surface area (Å²) in [6.07, 6.45) is -0.279. The van der Waals surface area contributed by atoms with E-state index in [0.29, 0.717) is 13.1 Å². The second kappa shape index (κ2) is 4.90. The maximum atomic E-state index is 12.0. The lowest BCUT2D eigenvalue weighted by atomic mass is 9.91. The fourth-order valence-corrected chi connectivity index (χ4v) is 2.82. The summed E-state index contributed by atoms with van der Waals surface area (Å²) in [7, 11) is 1.76. The molecule has 0 spiro atoms. The van der Waals surface area contributed by atoms with Gasteiger partial charge in [-0.05, 0) is 32.4 Å². The van der Waals surface area contributed by atoms with Crippen molar-refractivity contribution in [2.75, 3.05) is 13.1 Å². The first-order valence-electron chi connectivity index (χ1n) is 7.42. The van der Waals surface area contributed by atoms with Gasteiger partial charge in [0.15, 0.2) is 0 Å². The van der Waals surface area contributed by atoms with E-state index >= 15 is 0 Å². The van der Waals surface area contributed by atoms with Crippen LogP contribution in [0.4, 0.5) is 4.79 Å². The minimum absolute atomic E-state index is 0.120. The van der Waals surface area contributed by atoms with Crippen LogP contribution in [-0.2, 0) is 11.8 Å². The van der Waals surface area contributed by atoms with Crippen molar-refractivity contribution in [3.05, 3.63) is 34.2 Å². The third-order valence-electron chi connectivity index (χ3n) is 3.92. The zero-order valence-corrected chi connectivity index (χ0v) is 13.3. The van der Waals surface area contributed by atoms with Gasteiger partial charge in [0.25, 0.3) is 0 Å². The molecule has 1 N–H and O–H groups in total. The molecule has 6 nitrogen and oxygen atoms in total. The van der Waals surface area contributed by atoms with Gasteiger partial charge in [-0.1, -0.05) is 12.1 Å². The number of fused-ring (bicyclic) bond motifs is 1. The first-order valence-corrected chi connectivity index (χ1v) is 7.42. The fourth-order valence-electron chi connectivity index (χ4n) is 2.82. The number of para-hydroxylation sites is 1. The van der Waals surface area contributed by atoms with Crippen LogP contribution in [0.15, 0.2) is 23.0 Å². The van der Waals surface area contributed by atoms with Gasteiger partial charge in [0, 0.05) is 26.1 Å². The molecule has 22 heavy (non-hydrogen) atoms. The Hall–Kier alpha value is -2.24. The van der Waals surface area contributed by atoms with E-state index < -0.39 is 5.60 Å². The van der Waals surface area contributed by atoms with E-state index in [4.69, 9.17) is 4.74 Å². The smallest absolute Gasteiger partial charge is 0.410 e. The van der Waals surface area contributed by atoms with Gasteiger partial charge < -0.3 is 14.6 Å². The number of H-pyrrole nitrogens is 1. The number of likely N-dealkylation sites (tertiary alicyclic amines) is 1. The van der Waals surface area contributed by atoms with Crippen molar-refractivity contribution >= 4 is 17.1 Å². The number of aromatic amines is 1. The number of benzene rings is 1. The number of nitrogens with zero attached hydrogens (tertiary/aromatic N) is 2. The first kappa shape index (κ1) is 14.7. The predicted molar refractivity (Wildman–Crippen MR) is 84.1 cm³/mol. The minimum Gasteiger partial charge on any atom is -0.444 e. The van der Waals surface area contributed by atoms with Crippen LogP contribution < -0.4 is 5.69 Å². The van der Waals surface area contributed by atoms with Gasteiger partial charge in [-0.3, -0.25) is 4.57 Å². The summed E-state index contributed by atoms with van der Waals surface area (Å²) in [5.74, 6) is 0.234. The van der Waals surface area contributed by atoms with Crippen molar-refractivity contribution in [1.29, 1.82) is 0 Å². The second-order valence-electron chi connectivity index (χ2n) is 6.81. The van der Waals surface area contributed by atoms with Crippen LogP contribution >= 0.6 is 0 Å². The third kappa shape index (κ3) is 2.49. The Morgan fingerprint density at radius 1 is 1.32 bits per heavy atom. The Balaban J connectivity index is 1.79. The molecule has 1 fully saturated rings. The number of amides is 1. The summed E-state index contributed by atoms with van der Waals surface area (Å²) in [5.41, 5.74) is 2.25. The van der Waals surface area contributed by atoms with E-state index in [1.807, 2.05) is 39.0 Å². The lowest BCUT2D eigenvalue weighted by molar-refractivity contribution is 0.00828. The van der Waals surface area contributed by atoms with Crippen LogP contribution in [0.5, 0.6) is 0 Å². The van der Waals surface area contributed by atoms with Crippen molar-refractivity contribution in [2.45, 2.75) is 32.3 Å². The van der Waals surface area contributed by atoms with Gasteiger partial charge in [0.05, 0.1) is 11.0 Å². The summed E-state index contributed by atoms with van der Waals surface area (Å²) in [6, 6.07) is 5.85. The number of imidazole rings is 1. The first-order chi connectivity index (χ1) is 10.3. The number of carbonyl (C=O) groups is 1. The molecule has 1 aromatic carbocycles. The standard InChI is InChI=1S/C16H21N3O3/c1-16(2,3)22-15(21)19-8-10(9-19)11-6-5-7-12-13(11)18(4)14(20)17-12/h5-7,10H,8-9H2,1-4H3,(H,17,20). The lowest BCUT2D eigenvalue weighted by Crippen LogP contribution is -2.50. The molecule has 0 aliphatic carbocycles. The van der Waals surface area contributed by atoms with Crippen molar-refractivity contribution in [3.8, 4) is 0 Å². The molecule has 1 aliphatic heterocycles. The number of hydrogen-bond acceptors (Lipinski definition) is 3. The summed E-state index contributed by atoms with van der Waals surface area (Å²) >= 11 is 0. The average Bonchev–Trinajstić information content (AvgIpc) is 2.62. The van der Waals surface area contributed by atoms with Gasteiger partial charge in [-0.2, -0.15) is 0 Å². The molecular weight excluding hydrogens is 282 g/mol. The Morgan fingerprint density at radius 2 is 2.00 bits per heavy atom. The number of aryl methyl sites for hydroxylation is 1. The van der Waals surface area contributed by atoms with Crippen LogP contribution in [0.25, 0.3) is 11.0 Å². The number of nitrogens with one attached hydrogen (secondary N) is 1. The number of aromatic nitrogens is 2. The molecule has 2 heterocycles. The number of carbonyl (C=O) groups excluding carboxylic acids is 1. The van der Waals surface area contributed by atoms with Crippen molar-refractivity contribution < 1.29 is 9.53 Å². The summed E-state index contributed by atoms with van der Waals surface area (Å²) in [6.45, 7) is 6.82. The molecule has 6 heteroatoms. The predicted octanol–water partition coefficient (Wildman–Crippen LogP) is 2.20. The highest BCUT2D eigenvalue weighted by atomic mass is 16.6. The molecule has 1 aliphatic rings. The summed E-state index contributed by atoms with van der Waals surface area (Å²) < 4.78 is 6.99. The zero-order valence-electron chi connectivity index (χ0n) is 13.3. The molecule has 1 saturated heterocycles. The van der Waals surface area contributed by atoms with Gasteiger partial charge in [0.1, 0.15) is 5.60 Å². The molecule has 118 valence electrons. The summed E-state index contributed by atoms with van der Waals surface area (Å²) in [5, 5.41) is 0. The highest BCUT2D eigenvalue weighted by molar-refractivity contribution is 5.80. The molecule has 0 atom stereocenters. The quantitative estimate of drug-likeness (QED) is 0.878. The highest BCUT2D eigenvalue weighted by Crippen LogP contribution is 2.32. The SMILES string of the molecule is Cn1c(=O)[nH]c2cccc(C3CN(C(=O)OC(C)(C)C)C3)c21. The summed E-state index contributed by atoms with van der Waals surface area (Å²) in [4.78, 5) is 28.3. The minimum atomic E-state index is -0.479. The van der Waals surface area contributed by atoms with Crippen molar-refractivity contribution in [1.82, 2.24) is 14.5 Å². The molecule has 2 aromatic rings. The van der Waals surface area contributed by atoms with Gasteiger partial charge in [0.2, 0.25) is 0 Å². The normalized spacial score (nSPS) is 15.9. The number of ether oxygens (including phenoxy) is 1. The van der Waals surface area contributed by atoms with E-state index in [0.717, 1.165) is 16.6 Å². The van der Waals surface area contributed by atoms with E-state index in [2.05, 4.69) is 4.98 Å². The molecule has 0 unspecified atom stereocenters. The molecule has 1 amide bonds. The van der Waals surface area contributed by atoms with Crippen LogP contribution in [-0.4, -0.2) is 39.2 Å². The Morgan fingerprint density at radius 3 is 2.64 bits per heavy atom. The van der Waals surface area contributed by atoms with Gasteiger partial charge in [-0.15, -0.1) is 0 Å². The van der Waals surface area contributed by atoms with Crippen LogP contribution in [0, 0.1) is 0 Å². The topological polar surface area (TPSA) is 67.3 Å². The maximum Gasteiger partial charge on any atom is 0.410 e. The average molecular weight is 303 g/mol. The second-order valence-corrected chi connectivity index (χ2v) is 6.81. The maximum absolute atomic E-state index is 12.0. The molecular formula is C16H21N3O3. The Labute approximate surface area is 128 Å². The molecule has 0 saturated carbocycles. The van der Waals surface area contributed by atoms with E-state index in [1.54, 1.807) is 16.5 Å². The van der Waals surface area contributed by atoms with E-state index in [9.17, 15) is 9.59 Å². The fraction of sp³-hybridized carbons (Fsp3) is 0.500. The number of hydrogen-bond donors (Lipinski definition) is 1. The van der Waals surface area contributed by atoms with E-state index in [-0.39, 0.29) is 17.7 Å². The lowest BCUT2D eigenvalue weighted by Gasteiger charge is -2.40. The number of rotatable bonds is 1. The molecule has 0 bridgehead atoms. The Kier molecular flexibility index (Phi) is 3.27. The van der Waals surface area contributed by atoms with Crippen molar-refractivity contribution in [3.63, 3.8) is 0 Å². The Bertz CT molecular complexity index is 776. The van der Waals surface area contributed by atoms with Crippen LogP contribution in [0.1, 0.15) is 32.3 Å². The molecule has 1 aromatic heterocycles. The van der Waals surface area contributed by atoms with Crippen molar-refractivity contribution in [2.24, 2.45) is 7.05 Å². The molecule has 3 rings (SSSR count). The molecule has 0 radical (unpaired) electrons. The van der Waals surface area contributed by atoms with E-state index in [1.165, 1.54) is 0 Å². The highest BCUT2D eigenvalue weighted by Gasteiger charge is 2.35. The monoisotopic (exact) mass is 303 g/mol. The van der Waals surface area contributed by atoms with Crippen LogP contribution in [0.2, 0.25) is 0 Å². The largest absolute Gasteiger partial charge is 0.444 e. The third-order valence-corrected chi connectivity index (χ3v) is 3.92. The van der Waals surface area contributed by atoms with Gasteiger partial charge >= 0.3 is 11.8 Å². The van der Waals surface area contributed by atoms with Crippen LogP contribution in [0.3, 0.4) is 0 Å². The van der Waals surface area contributed by atoms with Gasteiger partial charge in [-0.25, -0.2) is 9.59 Å².